The standard InChI is InChI=1S/C14H23N3O5S/c1-3-23(20,21)17-9-5-12(6-10-17)14(19)22-11-13(18)16(2)8-4-7-15/h12H,3-6,8-11H2,1-2H3. The summed E-state index contributed by atoms with van der Waals surface area (Å²) in [5.41, 5.74) is 0. The predicted molar refractivity (Wildman–Crippen MR) is 82.6 cm³/mol. The minimum absolute atomic E-state index is 0.0473. The summed E-state index contributed by atoms with van der Waals surface area (Å²) in [7, 11) is -1.68. The van der Waals surface area contributed by atoms with E-state index in [0.717, 1.165) is 0 Å². The van der Waals surface area contributed by atoms with Gasteiger partial charge in [-0.05, 0) is 19.8 Å². The second-order valence-electron chi connectivity index (χ2n) is 5.41. The lowest BCUT2D eigenvalue weighted by atomic mass is 9.98. The fourth-order valence-corrected chi connectivity index (χ4v) is 3.39. The minimum atomic E-state index is -3.22. The Balaban J connectivity index is 2.38. The fraction of sp³-hybridized carbons (Fsp3) is 0.786. The molecule has 0 aromatic rings. The van der Waals surface area contributed by atoms with Gasteiger partial charge in [-0.15, -0.1) is 0 Å². The van der Waals surface area contributed by atoms with Crippen LogP contribution in [-0.2, 0) is 24.3 Å². The van der Waals surface area contributed by atoms with Crippen molar-refractivity contribution in [2.24, 2.45) is 5.92 Å². The molecule has 0 atom stereocenters. The first-order valence-electron chi connectivity index (χ1n) is 7.57. The summed E-state index contributed by atoms with van der Waals surface area (Å²) in [5, 5.41) is 8.46. The molecule has 1 amide bonds. The van der Waals surface area contributed by atoms with Gasteiger partial charge >= 0.3 is 5.97 Å². The van der Waals surface area contributed by atoms with Crippen molar-refractivity contribution in [3.05, 3.63) is 0 Å². The van der Waals surface area contributed by atoms with Crippen molar-refractivity contribution in [2.45, 2.75) is 26.2 Å². The van der Waals surface area contributed by atoms with Crippen molar-refractivity contribution in [3.63, 3.8) is 0 Å². The topological polar surface area (TPSA) is 108 Å². The molecule has 0 radical (unpaired) electrons. The number of rotatable bonds is 7. The Hall–Kier alpha value is -1.66. The zero-order valence-corrected chi connectivity index (χ0v) is 14.3. The zero-order valence-electron chi connectivity index (χ0n) is 13.5. The van der Waals surface area contributed by atoms with Crippen LogP contribution in [0.2, 0.25) is 0 Å². The van der Waals surface area contributed by atoms with E-state index in [4.69, 9.17) is 10.00 Å². The SMILES string of the molecule is CCS(=O)(=O)N1CCC(C(=O)OCC(=O)N(C)CCC#N)CC1. The average Bonchev–Trinajstić information content (AvgIpc) is 2.57. The van der Waals surface area contributed by atoms with Crippen LogP contribution in [0.1, 0.15) is 26.2 Å². The van der Waals surface area contributed by atoms with Crippen LogP contribution in [0.4, 0.5) is 0 Å². The molecule has 1 aliphatic rings. The summed E-state index contributed by atoms with van der Waals surface area (Å²) in [6, 6.07) is 1.94. The average molecular weight is 345 g/mol. The molecule has 0 aromatic carbocycles. The van der Waals surface area contributed by atoms with Crippen molar-refractivity contribution in [1.82, 2.24) is 9.21 Å². The molecule has 0 saturated carbocycles. The summed E-state index contributed by atoms with van der Waals surface area (Å²) >= 11 is 0. The molecule has 1 saturated heterocycles. The Labute approximate surface area is 137 Å². The van der Waals surface area contributed by atoms with Crippen molar-refractivity contribution in [1.29, 1.82) is 5.26 Å². The summed E-state index contributed by atoms with van der Waals surface area (Å²) in [6.45, 7) is 2.12. The molecule has 0 aromatic heterocycles. The highest BCUT2D eigenvalue weighted by atomic mass is 32.2. The maximum Gasteiger partial charge on any atom is 0.309 e. The second-order valence-corrected chi connectivity index (χ2v) is 7.66. The van der Waals surface area contributed by atoms with E-state index in [1.54, 1.807) is 14.0 Å². The van der Waals surface area contributed by atoms with Crippen LogP contribution in [0.3, 0.4) is 0 Å². The smallest absolute Gasteiger partial charge is 0.309 e. The number of nitriles is 1. The summed E-state index contributed by atoms with van der Waals surface area (Å²) in [6.07, 6.45) is 1.02. The zero-order chi connectivity index (χ0) is 17.5. The number of ether oxygens (including phenoxy) is 1. The number of hydrogen-bond acceptors (Lipinski definition) is 6. The number of likely N-dealkylation sites (N-methyl/N-ethyl adjacent to an activating group) is 1. The lowest BCUT2D eigenvalue weighted by Crippen LogP contribution is -2.41. The highest BCUT2D eigenvalue weighted by Gasteiger charge is 2.31. The monoisotopic (exact) mass is 345 g/mol. The van der Waals surface area contributed by atoms with Crippen LogP contribution >= 0.6 is 0 Å². The number of carbonyl (C=O) groups excluding carboxylic acids is 2. The molecule has 0 aliphatic carbocycles. The van der Waals surface area contributed by atoms with E-state index < -0.39 is 16.0 Å². The van der Waals surface area contributed by atoms with E-state index in [2.05, 4.69) is 0 Å². The highest BCUT2D eigenvalue weighted by molar-refractivity contribution is 7.89. The molecule has 9 heteroatoms. The second kappa shape index (κ2) is 8.84. The van der Waals surface area contributed by atoms with Crippen LogP contribution in [-0.4, -0.2) is 68.5 Å². The molecule has 1 heterocycles. The van der Waals surface area contributed by atoms with Gasteiger partial charge in [-0.2, -0.15) is 5.26 Å². The molecular weight excluding hydrogens is 322 g/mol. The van der Waals surface area contributed by atoms with Crippen LogP contribution in [0.15, 0.2) is 0 Å². The van der Waals surface area contributed by atoms with Crippen LogP contribution in [0, 0.1) is 17.2 Å². The van der Waals surface area contributed by atoms with Gasteiger partial charge in [0.05, 0.1) is 24.2 Å². The normalized spacial score (nSPS) is 16.6. The predicted octanol–water partition coefficient (Wildman–Crippen LogP) is -0.0366. The number of nitrogens with zero attached hydrogens (tertiary/aromatic N) is 3. The number of piperidine rings is 1. The quantitative estimate of drug-likeness (QED) is 0.599. The van der Waals surface area contributed by atoms with Crippen molar-refractivity contribution >= 4 is 21.9 Å². The number of hydrogen-bond donors (Lipinski definition) is 0. The molecule has 1 aliphatic heterocycles. The Kier molecular flexibility index (Phi) is 7.45. The molecule has 0 unspecified atom stereocenters. The first kappa shape index (κ1) is 19.4. The van der Waals surface area contributed by atoms with Crippen molar-refractivity contribution in [2.75, 3.05) is 39.0 Å². The molecule has 23 heavy (non-hydrogen) atoms. The van der Waals surface area contributed by atoms with Gasteiger partial charge in [0, 0.05) is 26.7 Å². The summed E-state index contributed by atoms with van der Waals surface area (Å²) < 4.78 is 29.9. The first-order chi connectivity index (χ1) is 10.8. The fourth-order valence-electron chi connectivity index (χ4n) is 2.26. The minimum Gasteiger partial charge on any atom is -0.455 e. The molecule has 1 fully saturated rings. The third kappa shape index (κ3) is 5.80. The van der Waals surface area contributed by atoms with Gasteiger partial charge in [0.15, 0.2) is 6.61 Å². The van der Waals surface area contributed by atoms with Gasteiger partial charge in [0.2, 0.25) is 10.0 Å². The van der Waals surface area contributed by atoms with Crippen LogP contribution in [0.25, 0.3) is 0 Å². The van der Waals surface area contributed by atoms with E-state index in [1.807, 2.05) is 6.07 Å². The summed E-state index contributed by atoms with van der Waals surface area (Å²) in [4.78, 5) is 25.0. The largest absolute Gasteiger partial charge is 0.455 e. The van der Waals surface area contributed by atoms with Gasteiger partial charge in [0.1, 0.15) is 0 Å². The number of amides is 1. The third-order valence-corrected chi connectivity index (χ3v) is 5.75. The molecule has 0 spiro atoms. The summed E-state index contributed by atoms with van der Waals surface area (Å²) in [5.74, 6) is -1.17. The number of carbonyl (C=O) groups is 2. The van der Waals surface area contributed by atoms with Crippen LogP contribution in [0.5, 0.6) is 0 Å². The van der Waals surface area contributed by atoms with Crippen molar-refractivity contribution < 1.29 is 22.7 Å². The van der Waals surface area contributed by atoms with Gasteiger partial charge in [-0.3, -0.25) is 9.59 Å². The molecule has 1 rings (SSSR count). The van der Waals surface area contributed by atoms with Gasteiger partial charge in [0.25, 0.3) is 5.91 Å². The van der Waals surface area contributed by atoms with E-state index in [-0.39, 0.29) is 30.6 Å². The van der Waals surface area contributed by atoms with E-state index >= 15 is 0 Å². The van der Waals surface area contributed by atoms with E-state index in [1.165, 1.54) is 9.21 Å². The number of esters is 1. The maximum atomic E-state index is 12.0. The molecular formula is C14H23N3O5S. The molecule has 0 N–H and O–H groups in total. The lowest BCUT2D eigenvalue weighted by molar-refractivity contribution is -0.156. The molecule has 8 nitrogen and oxygen atoms in total. The van der Waals surface area contributed by atoms with Gasteiger partial charge in [-0.1, -0.05) is 0 Å². The lowest BCUT2D eigenvalue weighted by Gasteiger charge is -2.29. The number of sulfonamides is 1. The van der Waals surface area contributed by atoms with Crippen molar-refractivity contribution in [3.8, 4) is 6.07 Å². The third-order valence-electron chi connectivity index (χ3n) is 3.87. The van der Waals surface area contributed by atoms with E-state index in [9.17, 15) is 18.0 Å². The van der Waals surface area contributed by atoms with Gasteiger partial charge < -0.3 is 9.64 Å². The Morgan fingerprint density at radius 1 is 1.35 bits per heavy atom. The molecule has 0 bridgehead atoms. The van der Waals surface area contributed by atoms with E-state index in [0.29, 0.717) is 32.5 Å². The Bertz CT molecular complexity index is 561. The Morgan fingerprint density at radius 3 is 2.48 bits per heavy atom. The first-order valence-corrected chi connectivity index (χ1v) is 9.18. The molecule has 130 valence electrons. The maximum absolute atomic E-state index is 12.0. The Morgan fingerprint density at radius 2 is 1.96 bits per heavy atom. The highest BCUT2D eigenvalue weighted by Crippen LogP contribution is 2.21. The van der Waals surface area contributed by atoms with Gasteiger partial charge in [-0.25, -0.2) is 12.7 Å². The van der Waals surface area contributed by atoms with Crippen LogP contribution < -0.4 is 0 Å².